The molecule has 0 fully saturated rings. The van der Waals surface area contributed by atoms with Gasteiger partial charge in [-0.3, -0.25) is 19.6 Å². The highest BCUT2D eigenvalue weighted by Gasteiger charge is 2.34. The second-order valence-electron chi connectivity index (χ2n) is 5.29. The molecule has 0 spiro atoms. The Bertz CT molecular complexity index is 1050. The minimum absolute atomic E-state index is 0.0137. The van der Waals surface area contributed by atoms with E-state index >= 15 is 0 Å². The van der Waals surface area contributed by atoms with Crippen LogP contribution in [-0.2, 0) is 16.2 Å². The Hall–Kier alpha value is -2.59. The third-order valence-electron chi connectivity index (χ3n) is 3.54. The maximum absolute atomic E-state index is 12.9. The van der Waals surface area contributed by atoms with Gasteiger partial charge in [0.2, 0.25) is 0 Å². The molecule has 1 aliphatic heterocycles. The number of sulfonamides is 1. The van der Waals surface area contributed by atoms with Crippen LogP contribution >= 0.6 is 11.6 Å². The predicted octanol–water partition coefficient (Wildman–Crippen LogP) is 3.04. The summed E-state index contributed by atoms with van der Waals surface area (Å²) >= 11 is 5.49. The number of benzene rings is 2. The molecule has 11 heteroatoms. The quantitative estimate of drug-likeness (QED) is 0.769. The second-order valence-corrected chi connectivity index (χ2v) is 7.38. The van der Waals surface area contributed by atoms with E-state index in [4.69, 9.17) is 11.6 Å². The van der Waals surface area contributed by atoms with Crippen LogP contribution in [0.3, 0.4) is 0 Å². The van der Waals surface area contributed by atoms with Crippen LogP contribution in [0.25, 0.3) is 0 Å². The number of carbonyl (C=O) groups excluding carboxylic acids is 2. The van der Waals surface area contributed by atoms with E-state index in [1.807, 2.05) is 10.0 Å². The number of nitrogens with one attached hydrogen (secondary N) is 2. The number of carbonyl (C=O) groups is 2. The minimum Gasteiger partial charge on any atom is -0.288 e. The number of halogens is 4. The Kier molecular flexibility index (Phi) is 4.20. The zero-order valence-corrected chi connectivity index (χ0v) is 14.1. The monoisotopic (exact) mass is 404 g/mol. The summed E-state index contributed by atoms with van der Waals surface area (Å²) in [5, 5.41) is 1.43. The molecule has 1 heterocycles. The summed E-state index contributed by atoms with van der Waals surface area (Å²) in [5.41, 5.74) is -1.68. The molecule has 2 aromatic carbocycles. The third kappa shape index (κ3) is 3.25. The molecule has 26 heavy (non-hydrogen) atoms. The lowest BCUT2D eigenvalue weighted by Gasteiger charge is -2.13. The maximum Gasteiger partial charge on any atom is 0.417 e. The number of alkyl halides is 3. The highest BCUT2D eigenvalue weighted by atomic mass is 35.5. The lowest BCUT2D eigenvalue weighted by atomic mass is 10.1. The molecule has 2 aromatic rings. The molecule has 0 radical (unpaired) electrons. The Morgan fingerprint density at radius 1 is 0.962 bits per heavy atom. The highest BCUT2D eigenvalue weighted by molar-refractivity contribution is 7.92. The second kappa shape index (κ2) is 5.99. The van der Waals surface area contributed by atoms with Crippen LogP contribution in [0, 0.1) is 0 Å². The summed E-state index contributed by atoms with van der Waals surface area (Å²) < 4.78 is 65.4. The van der Waals surface area contributed by atoms with Gasteiger partial charge < -0.3 is 0 Å². The van der Waals surface area contributed by atoms with Crippen LogP contribution in [0.2, 0.25) is 5.02 Å². The molecule has 1 aliphatic rings. The number of imide groups is 1. The normalized spacial score (nSPS) is 14.2. The summed E-state index contributed by atoms with van der Waals surface area (Å²) in [4.78, 5) is 22.7. The van der Waals surface area contributed by atoms with Crippen molar-refractivity contribution in [1.82, 2.24) is 5.32 Å². The maximum atomic E-state index is 12.9. The van der Waals surface area contributed by atoms with Crippen molar-refractivity contribution in [1.29, 1.82) is 0 Å². The number of anilines is 1. The predicted molar refractivity (Wildman–Crippen MR) is 85.5 cm³/mol. The first-order chi connectivity index (χ1) is 12.0. The molecular weight excluding hydrogens is 397 g/mol. The summed E-state index contributed by atoms with van der Waals surface area (Å²) in [6.07, 6.45) is -4.76. The van der Waals surface area contributed by atoms with Gasteiger partial charge in [-0.1, -0.05) is 11.6 Å². The van der Waals surface area contributed by atoms with Gasteiger partial charge in [-0.15, -0.1) is 0 Å². The number of amides is 2. The number of hydrogen-bond acceptors (Lipinski definition) is 4. The number of fused-ring (bicyclic) bond motifs is 1. The first-order valence-corrected chi connectivity index (χ1v) is 8.74. The molecule has 0 aromatic heterocycles. The molecule has 2 N–H and O–H groups in total. The fourth-order valence-electron chi connectivity index (χ4n) is 2.33. The lowest BCUT2D eigenvalue weighted by Crippen LogP contribution is -2.20. The van der Waals surface area contributed by atoms with Gasteiger partial charge in [0.05, 0.1) is 26.6 Å². The van der Waals surface area contributed by atoms with Crippen molar-refractivity contribution in [2.75, 3.05) is 4.72 Å². The largest absolute Gasteiger partial charge is 0.417 e. The molecule has 0 saturated carbocycles. The van der Waals surface area contributed by atoms with Crippen LogP contribution in [0.4, 0.5) is 18.9 Å². The van der Waals surface area contributed by atoms with E-state index in [2.05, 4.69) is 0 Å². The van der Waals surface area contributed by atoms with E-state index in [1.54, 1.807) is 0 Å². The smallest absolute Gasteiger partial charge is 0.288 e. The van der Waals surface area contributed by atoms with E-state index in [1.165, 1.54) is 0 Å². The molecule has 2 amide bonds. The molecule has 0 aliphatic carbocycles. The SMILES string of the molecule is O=C1NC(=O)c2cc(S(=O)(=O)Nc3ccc(Cl)c(C(F)(F)F)c3)ccc21. The highest BCUT2D eigenvalue weighted by Crippen LogP contribution is 2.36. The van der Waals surface area contributed by atoms with Gasteiger partial charge in [-0.25, -0.2) is 8.42 Å². The van der Waals surface area contributed by atoms with Gasteiger partial charge in [-0.05, 0) is 36.4 Å². The van der Waals surface area contributed by atoms with Crippen molar-refractivity contribution in [3.8, 4) is 0 Å². The van der Waals surface area contributed by atoms with E-state index in [0.29, 0.717) is 6.07 Å². The topological polar surface area (TPSA) is 92.3 Å². The molecule has 6 nitrogen and oxygen atoms in total. The minimum atomic E-state index is -4.76. The van der Waals surface area contributed by atoms with Gasteiger partial charge in [0.25, 0.3) is 21.8 Å². The van der Waals surface area contributed by atoms with E-state index in [-0.39, 0.29) is 21.7 Å². The first-order valence-electron chi connectivity index (χ1n) is 6.88. The molecule has 0 atom stereocenters. The average Bonchev–Trinajstić information content (AvgIpc) is 2.82. The van der Waals surface area contributed by atoms with Crippen LogP contribution in [0.5, 0.6) is 0 Å². The van der Waals surface area contributed by atoms with Crippen molar-refractivity contribution < 1.29 is 31.2 Å². The summed E-state index contributed by atoms with van der Waals surface area (Å²) in [6.45, 7) is 0. The van der Waals surface area contributed by atoms with E-state index in [0.717, 1.165) is 30.3 Å². The Morgan fingerprint density at radius 2 is 1.62 bits per heavy atom. The van der Waals surface area contributed by atoms with Crippen LogP contribution < -0.4 is 10.0 Å². The first kappa shape index (κ1) is 18.2. The van der Waals surface area contributed by atoms with Crippen molar-refractivity contribution in [2.45, 2.75) is 11.1 Å². The van der Waals surface area contributed by atoms with Gasteiger partial charge in [-0.2, -0.15) is 13.2 Å². The Labute approximate surface area is 150 Å². The average molecular weight is 405 g/mol. The number of rotatable bonds is 3. The van der Waals surface area contributed by atoms with Gasteiger partial charge >= 0.3 is 6.18 Å². The molecule has 0 unspecified atom stereocenters. The summed E-state index contributed by atoms with van der Waals surface area (Å²) in [5.74, 6) is -1.41. The van der Waals surface area contributed by atoms with E-state index < -0.39 is 38.6 Å². The number of hydrogen-bond donors (Lipinski definition) is 2. The molecular formula is C15H8ClF3N2O4S. The van der Waals surface area contributed by atoms with Gasteiger partial charge in [0.15, 0.2) is 0 Å². The van der Waals surface area contributed by atoms with E-state index in [9.17, 15) is 31.2 Å². The van der Waals surface area contributed by atoms with Crippen molar-refractivity contribution in [3.05, 3.63) is 58.1 Å². The summed E-state index contributed by atoms with van der Waals surface area (Å²) in [6, 6.07) is 5.73. The van der Waals surface area contributed by atoms with Crippen molar-refractivity contribution >= 4 is 39.1 Å². The summed E-state index contributed by atoms with van der Waals surface area (Å²) in [7, 11) is -4.30. The third-order valence-corrected chi connectivity index (χ3v) is 5.25. The zero-order valence-electron chi connectivity index (χ0n) is 12.5. The molecule has 0 saturated heterocycles. The molecule has 3 rings (SSSR count). The Morgan fingerprint density at radius 3 is 2.27 bits per heavy atom. The zero-order chi connectivity index (χ0) is 19.3. The van der Waals surface area contributed by atoms with Crippen molar-refractivity contribution in [3.63, 3.8) is 0 Å². The lowest BCUT2D eigenvalue weighted by molar-refractivity contribution is -0.137. The van der Waals surface area contributed by atoms with Crippen molar-refractivity contribution in [2.24, 2.45) is 0 Å². The van der Waals surface area contributed by atoms with Crippen LogP contribution in [0.15, 0.2) is 41.3 Å². The molecule has 136 valence electrons. The van der Waals surface area contributed by atoms with Gasteiger partial charge in [0.1, 0.15) is 0 Å². The fraction of sp³-hybridized carbons (Fsp3) is 0.0667. The Balaban J connectivity index is 1.97. The van der Waals surface area contributed by atoms with Crippen LogP contribution in [0.1, 0.15) is 26.3 Å². The fourth-order valence-corrected chi connectivity index (χ4v) is 3.63. The van der Waals surface area contributed by atoms with Gasteiger partial charge in [0, 0.05) is 5.69 Å². The molecule has 0 bridgehead atoms. The standard InChI is InChI=1S/C15H8ClF3N2O4S/c16-12-4-1-7(5-11(12)15(17,18)19)21-26(24,25)8-2-3-9-10(6-8)14(23)20-13(9)22/h1-6,21H,(H,20,22,23). The van der Waals surface area contributed by atoms with Crippen LogP contribution in [-0.4, -0.2) is 20.2 Å².